The topological polar surface area (TPSA) is 0 Å². The van der Waals surface area contributed by atoms with E-state index in [1.165, 1.54) is 8.66 Å². The number of rotatable bonds is 1. The van der Waals surface area contributed by atoms with Gasteiger partial charge in [0.25, 0.3) is 0 Å². The Balaban J connectivity index is 2.85. The molecule has 1 aromatic rings. The zero-order valence-electron chi connectivity index (χ0n) is 4.47. The second-order valence-electron chi connectivity index (χ2n) is 1.43. The van der Waals surface area contributed by atoms with E-state index in [2.05, 4.69) is 56.7 Å². The van der Waals surface area contributed by atoms with Gasteiger partial charge in [0.2, 0.25) is 0 Å². The van der Waals surface area contributed by atoms with Gasteiger partial charge in [-0.25, -0.2) is 0 Å². The molecule has 48 valence electrons. The molecule has 0 saturated heterocycles. The van der Waals surface area contributed by atoms with E-state index >= 15 is 0 Å². The van der Waals surface area contributed by atoms with Gasteiger partial charge in [0.05, 0.1) is 3.79 Å². The Morgan fingerprint density at radius 1 is 1.56 bits per heavy atom. The Morgan fingerprint density at radius 3 is 2.78 bits per heavy atom. The van der Waals surface area contributed by atoms with Crippen molar-refractivity contribution >= 4 is 55.9 Å². The van der Waals surface area contributed by atoms with Crippen LogP contribution in [-0.4, -0.2) is 0 Å². The van der Waals surface area contributed by atoms with Crippen molar-refractivity contribution in [1.82, 2.24) is 0 Å². The maximum atomic E-state index is 3.38. The normalized spacial score (nSPS) is 10.9. The van der Waals surface area contributed by atoms with Gasteiger partial charge in [-0.15, -0.1) is 11.3 Å². The van der Waals surface area contributed by atoms with Crippen molar-refractivity contribution in [2.45, 2.75) is 0 Å². The van der Waals surface area contributed by atoms with Crippen molar-refractivity contribution in [3.63, 3.8) is 0 Å². The third-order valence-electron chi connectivity index (χ3n) is 0.821. The summed E-state index contributed by atoms with van der Waals surface area (Å²) >= 11 is 7.33. The smallest absolute Gasteiger partial charge is 0.0704 e. The van der Waals surface area contributed by atoms with Gasteiger partial charge in [-0.3, -0.25) is 0 Å². The molecule has 0 atom stereocenters. The molecule has 1 aromatic heterocycles. The minimum Gasteiger partial charge on any atom is -0.129 e. The molecule has 1 heterocycles. The van der Waals surface area contributed by atoms with Gasteiger partial charge < -0.3 is 0 Å². The molecular formula is C6H4BrIS. The Hall–Kier alpha value is 0.650. The summed E-state index contributed by atoms with van der Waals surface area (Å²) in [7, 11) is 0. The van der Waals surface area contributed by atoms with Gasteiger partial charge in [0, 0.05) is 4.88 Å². The molecule has 1 rings (SSSR count). The molecule has 0 saturated carbocycles. The van der Waals surface area contributed by atoms with Crippen molar-refractivity contribution in [2.75, 3.05) is 0 Å². The van der Waals surface area contributed by atoms with Gasteiger partial charge >= 0.3 is 0 Å². The van der Waals surface area contributed by atoms with Crippen molar-refractivity contribution in [3.05, 3.63) is 24.9 Å². The summed E-state index contributed by atoms with van der Waals surface area (Å²) in [5.41, 5.74) is 0. The number of hydrogen-bond donors (Lipinski definition) is 0. The maximum absolute atomic E-state index is 3.38. The molecule has 0 aliphatic carbocycles. The summed E-state index contributed by atoms with van der Waals surface area (Å²) in [4.78, 5) is 1.29. The van der Waals surface area contributed by atoms with Gasteiger partial charge in [0.1, 0.15) is 0 Å². The highest BCUT2D eigenvalue weighted by Crippen LogP contribution is 2.23. The maximum Gasteiger partial charge on any atom is 0.0704 e. The van der Waals surface area contributed by atoms with Crippen LogP contribution in [0.25, 0.3) is 6.08 Å². The summed E-state index contributed by atoms with van der Waals surface area (Å²) < 4.78 is 3.20. The molecule has 0 radical (unpaired) electrons. The molecule has 0 spiro atoms. The van der Waals surface area contributed by atoms with E-state index in [0.29, 0.717) is 0 Å². The van der Waals surface area contributed by atoms with Crippen molar-refractivity contribution < 1.29 is 0 Å². The molecule has 0 fully saturated rings. The van der Waals surface area contributed by atoms with Crippen LogP contribution in [0, 0.1) is 0 Å². The molecule has 0 nitrogen and oxygen atoms in total. The fraction of sp³-hybridized carbons (Fsp3) is 0. The summed E-state index contributed by atoms with van der Waals surface area (Å²) in [5.74, 6) is 0. The molecule has 0 amide bonds. The first-order valence-electron chi connectivity index (χ1n) is 2.35. The minimum atomic E-state index is 1.19. The number of halogens is 2. The SMILES string of the molecule is Brc1ccc(/C=C/I)s1. The lowest BCUT2D eigenvalue weighted by molar-refractivity contribution is 1.93. The second kappa shape index (κ2) is 3.73. The summed E-state index contributed by atoms with van der Waals surface area (Å²) in [5, 5.41) is 0. The standard InChI is InChI=1S/C6H4BrIS/c7-6-2-1-5(9-6)3-4-8/h1-4H/b4-3+. The van der Waals surface area contributed by atoms with E-state index in [1.54, 1.807) is 11.3 Å². The van der Waals surface area contributed by atoms with Crippen molar-refractivity contribution in [3.8, 4) is 0 Å². The van der Waals surface area contributed by atoms with Gasteiger partial charge in [-0.05, 0) is 38.2 Å². The van der Waals surface area contributed by atoms with E-state index in [0.717, 1.165) is 0 Å². The molecule has 0 bridgehead atoms. The molecular weight excluding hydrogens is 311 g/mol. The van der Waals surface area contributed by atoms with Crippen LogP contribution >= 0.6 is 49.9 Å². The molecule has 3 heteroatoms. The van der Waals surface area contributed by atoms with E-state index in [-0.39, 0.29) is 0 Å². The van der Waals surface area contributed by atoms with Crippen LogP contribution in [0.5, 0.6) is 0 Å². The van der Waals surface area contributed by atoms with Crippen LogP contribution in [0.3, 0.4) is 0 Å². The lowest BCUT2D eigenvalue weighted by Crippen LogP contribution is -1.48. The Bertz CT molecular complexity index is 217. The van der Waals surface area contributed by atoms with Gasteiger partial charge in [-0.2, -0.15) is 0 Å². The van der Waals surface area contributed by atoms with Gasteiger partial charge in [0.15, 0.2) is 0 Å². The summed E-state index contributed by atoms with van der Waals surface area (Å²) in [6.45, 7) is 0. The third-order valence-corrected chi connectivity index (χ3v) is 2.77. The van der Waals surface area contributed by atoms with Crippen LogP contribution in [0.4, 0.5) is 0 Å². The zero-order valence-corrected chi connectivity index (χ0v) is 9.03. The first-order valence-corrected chi connectivity index (χ1v) is 5.20. The van der Waals surface area contributed by atoms with Crippen LogP contribution in [0.15, 0.2) is 20.0 Å². The average molecular weight is 315 g/mol. The zero-order chi connectivity index (χ0) is 6.69. The lowest BCUT2D eigenvalue weighted by Gasteiger charge is -1.75. The monoisotopic (exact) mass is 314 g/mol. The first kappa shape index (κ1) is 7.75. The van der Waals surface area contributed by atoms with Crippen molar-refractivity contribution in [1.29, 1.82) is 0 Å². The Labute approximate surface area is 80.2 Å². The minimum absolute atomic E-state index is 1.19. The molecule has 0 aliphatic heterocycles. The fourth-order valence-electron chi connectivity index (χ4n) is 0.480. The van der Waals surface area contributed by atoms with E-state index in [9.17, 15) is 0 Å². The predicted molar refractivity (Wildman–Crippen MR) is 55.1 cm³/mol. The molecule has 0 unspecified atom stereocenters. The van der Waals surface area contributed by atoms with Crippen LogP contribution < -0.4 is 0 Å². The second-order valence-corrected chi connectivity index (χ2v) is 4.65. The van der Waals surface area contributed by atoms with Gasteiger partial charge in [-0.1, -0.05) is 22.6 Å². The highest BCUT2D eigenvalue weighted by Gasteiger charge is 1.89. The largest absolute Gasteiger partial charge is 0.129 e. The van der Waals surface area contributed by atoms with E-state index in [1.807, 2.05) is 4.08 Å². The lowest BCUT2D eigenvalue weighted by atomic mass is 10.5. The number of thiophene rings is 1. The molecule has 9 heavy (non-hydrogen) atoms. The average Bonchev–Trinajstić information content (AvgIpc) is 2.17. The quantitative estimate of drug-likeness (QED) is 0.689. The molecule has 0 N–H and O–H groups in total. The fourth-order valence-corrected chi connectivity index (χ4v) is 2.44. The van der Waals surface area contributed by atoms with Crippen LogP contribution in [0.1, 0.15) is 4.88 Å². The third kappa shape index (κ3) is 2.39. The predicted octanol–water partition coefficient (Wildman–Crippen LogP) is 3.92. The molecule has 0 aromatic carbocycles. The van der Waals surface area contributed by atoms with E-state index < -0.39 is 0 Å². The van der Waals surface area contributed by atoms with E-state index in [4.69, 9.17) is 0 Å². The highest BCUT2D eigenvalue weighted by atomic mass is 127. The Kier molecular flexibility index (Phi) is 3.21. The van der Waals surface area contributed by atoms with Crippen LogP contribution in [-0.2, 0) is 0 Å². The summed E-state index contributed by atoms with van der Waals surface area (Å²) in [6, 6.07) is 4.14. The first-order chi connectivity index (χ1) is 4.33. The molecule has 0 aliphatic rings. The number of hydrogen-bond acceptors (Lipinski definition) is 1. The van der Waals surface area contributed by atoms with Crippen molar-refractivity contribution in [2.24, 2.45) is 0 Å². The van der Waals surface area contributed by atoms with Crippen LogP contribution in [0.2, 0.25) is 0 Å². The Morgan fingerprint density at radius 2 is 2.33 bits per heavy atom. The highest BCUT2D eigenvalue weighted by molar-refractivity contribution is 14.1. The summed E-state index contributed by atoms with van der Waals surface area (Å²) in [6.07, 6.45) is 2.08.